The summed E-state index contributed by atoms with van der Waals surface area (Å²) in [5, 5.41) is 14.6. The summed E-state index contributed by atoms with van der Waals surface area (Å²) in [6, 6.07) is 19.1. The third-order valence-electron chi connectivity index (χ3n) is 7.31. The van der Waals surface area contributed by atoms with Crippen molar-refractivity contribution in [2.45, 2.75) is 58.8 Å². The Kier molecular flexibility index (Phi) is 7.59. The third-order valence-corrected chi connectivity index (χ3v) is 7.68. The van der Waals surface area contributed by atoms with Crippen molar-refractivity contribution in [2.24, 2.45) is 0 Å². The SMILES string of the molecule is CCC(C)(C)n1nnnc1C(c1cc2ccc(C)cc2[nH]c1=O)N(Cc1cccnc1)Cc1ccccc1Cl. The van der Waals surface area contributed by atoms with E-state index in [4.69, 9.17) is 11.6 Å². The number of rotatable bonds is 9. The predicted molar refractivity (Wildman–Crippen MR) is 154 cm³/mol. The Hall–Kier alpha value is -3.88. The largest absolute Gasteiger partial charge is 0.322 e. The lowest BCUT2D eigenvalue weighted by Crippen LogP contribution is -2.38. The monoisotopic (exact) mass is 541 g/mol. The van der Waals surface area contributed by atoms with Crippen molar-refractivity contribution in [2.75, 3.05) is 0 Å². The van der Waals surface area contributed by atoms with Crippen LogP contribution in [-0.2, 0) is 18.6 Å². The second-order valence-electron chi connectivity index (χ2n) is 10.5. The number of hydrogen-bond donors (Lipinski definition) is 1. The van der Waals surface area contributed by atoms with Crippen LogP contribution in [0.15, 0.2) is 77.9 Å². The Bertz CT molecular complexity index is 1640. The number of nitrogens with one attached hydrogen (secondary N) is 1. The first-order chi connectivity index (χ1) is 18.8. The van der Waals surface area contributed by atoms with Gasteiger partial charge in [0.25, 0.3) is 5.56 Å². The number of fused-ring (bicyclic) bond motifs is 1. The fraction of sp³-hybridized carbons (Fsp3) is 0.300. The first-order valence-electron chi connectivity index (χ1n) is 13.1. The number of H-pyrrole nitrogens is 1. The van der Waals surface area contributed by atoms with Gasteiger partial charge in [0, 0.05) is 41.6 Å². The summed E-state index contributed by atoms with van der Waals surface area (Å²) in [5.74, 6) is 0.592. The zero-order valence-corrected chi connectivity index (χ0v) is 23.4. The normalized spacial score (nSPS) is 12.8. The lowest BCUT2D eigenvalue weighted by Gasteiger charge is -2.33. The highest BCUT2D eigenvalue weighted by Gasteiger charge is 2.34. The number of benzene rings is 2. The predicted octanol–water partition coefficient (Wildman–Crippen LogP) is 5.81. The molecule has 0 radical (unpaired) electrons. The van der Waals surface area contributed by atoms with Crippen LogP contribution < -0.4 is 5.56 Å². The van der Waals surface area contributed by atoms with Crippen molar-refractivity contribution in [3.8, 4) is 0 Å². The lowest BCUT2D eigenvalue weighted by molar-refractivity contribution is 0.180. The topological polar surface area (TPSA) is 92.6 Å². The zero-order valence-electron chi connectivity index (χ0n) is 22.6. The molecule has 200 valence electrons. The molecule has 1 N–H and O–H groups in total. The van der Waals surface area contributed by atoms with Gasteiger partial charge >= 0.3 is 0 Å². The molecule has 3 heterocycles. The number of aromatic amines is 1. The van der Waals surface area contributed by atoms with Gasteiger partial charge < -0.3 is 4.98 Å². The lowest BCUT2D eigenvalue weighted by atomic mass is 9.98. The number of aromatic nitrogens is 6. The van der Waals surface area contributed by atoms with Crippen LogP contribution in [0.3, 0.4) is 0 Å². The number of hydrogen-bond acceptors (Lipinski definition) is 6. The molecule has 0 spiro atoms. The maximum Gasteiger partial charge on any atom is 0.253 e. The molecule has 39 heavy (non-hydrogen) atoms. The van der Waals surface area contributed by atoms with Crippen molar-refractivity contribution in [1.82, 2.24) is 35.1 Å². The van der Waals surface area contributed by atoms with E-state index >= 15 is 0 Å². The van der Waals surface area contributed by atoms with Crippen LogP contribution in [0, 0.1) is 6.92 Å². The summed E-state index contributed by atoms with van der Waals surface area (Å²) in [4.78, 5) is 23.4. The molecule has 3 aromatic heterocycles. The molecule has 0 saturated carbocycles. The molecule has 9 heteroatoms. The molecule has 0 saturated heterocycles. The van der Waals surface area contributed by atoms with Gasteiger partial charge in [0.15, 0.2) is 5.82 Å². The average Bonchev–Trinajstić information content (AvgIpc) is 3.41. The molecule has 0 aliphatic rings. The van der Waals surface area contributed by atoms with Gasteiger partial charge in [-0.3, -0.25) is 14.7 Å². The van der Waals surface area contributed by atoms with E-state index in [2.05, 4.69) is 51.2 Å². The van der Waals surface area contributed by atoms with Gasteiger partial charge in [-0.1, -0.05) is 54.9 Å². The van der Waals surface area contributed by atoms with E-state index in [1.807, 2.05) is 78.5 Å². The molecule has 5 aromatic rings. The van der Waals surface area contributed by atoms with Crippen LogP contribution in [0.4, 0.5) is 0 Å². The second kappa shape index (κ2) is 11.1. The van der Waals surface area contributed by atoms with Gasteiger partial charge in [0.1, 0.15) is 6.04 Å². The van der Waals surface area contributed by atoms with E-state index in [1.54, 1.807) is 6.20 Å². The minimum atomic E-state index is -0.572. The Morgan fingerprint density at radius 3 is 2.64 bits per heavy atom. The van der Waals surface area contributed by atoms with Gasteiger partial charge in [-0.15, -0.1) is 5.10 Å². The van der Waals surface area contributed by atoms with E-state index in [0.29, 0.717) is 29.5 Å². The van der Waals surface area contributed by atoms with E-state index < -0.39 is 6.04 Å². The maximum atomic E-state index is 13.8. The van der Waals surface area contributed by atoms with E-state index in [9.17, 15) is 4.79 Å². The highest BCUT2D eigenvalue weighted by Crippen LogP contribution is 2.33. The molecule has 1 unspecified atom stereocenters. The zero-order chi connectivity index (χ0) is 27.6. The molecule has 8 nitrogen and oxygen atoms in total. The highest BCUT2D eigenvalue weighted by molar-refractivity contribution is 6.31. The van der Waals surface area contributed by atoms with E-state index in [-0.39, 0.29) is 11.1 Å². The summed E-state index contributed by atoms with van der Waals surface area (Å²) in [6.45, 7) is 9.25. The Labute approximate surface area is 232 Å². The fourth-order valence-corrected chi connectivity index (χ4v) is 4.98. The highest BCUT2D eigenvalue weighted by atomic mass is 35.5. The summed E-state index contributed by atoms with van der Waals surface area (Å²) < 4.78 is 1.85. The smallest absolute Gasteiger partial charge is 0.253 e. The summed E-state index contributed by atoms with van der Waals surface area (Å²) in [5.41, 5.74) is 3.81. The quantitative estimate of drug-likeness (QED) is 0.253. The molecule has 0 aliphatic heterocycles. The number of tetrazole rings is 1. The third kappa shape index (κ3) is 5.62. The molecule has 0 bridgehead atoms. The first-order valence-corrected chi connectivity index (χ1v) is 13.4. The molecule has 1 atom stereocenters. The van der Waals surface area contributed by atoms with Crippen molar-refractivity contribution >= 4 is 22.5 Å². The molecule has 0 amide bonds. The summed E-state index contributed by atoms with van der Waals surface area (Å²) in [6.07, 6.45) is 4.39. The van der Waals surface area contributed by atoms with Gasteiger partial charge in [0.05, 0.1) is 5.54 Å². The molecule has 0 fully saturated rings. The van der Waals surface area contributed by atoms with Crippen molar-refractivity contribution in [1.29, 1.82) is 0 Å². The average molecular weight is 542 g/mol. The van der Waals surface area contributed by atoms with Gasteiger partial charge in [0.2, 0.25) is 0 Å². The van der Waals surface area contributed by atoms with Crippen LogP contribution in [0.2, 0.25) is 5.02 Å². The first kappa shape index (κ1) is 26.7. The Balaban J connectivity index is 1.75. The minimum Gasteiger partial charge on any atom is -0.322 e. The minimum absolute atomic E-state index is 0.183. The molecular formula is C30H32ClN7O. The number of halogens is 1. The molecule has 0 aliphatic carbocycles. The van der Waals surface area contributed by atoms with Gasteiger partial charge in [-0.05, 0) is 84.0 Å². The van der Waals surface area contributed by atoms with E-state index in [0.717, 1.165) is 34.0 Å². The molecule has 5 rings (SSSR count). The maximum absolute atomic E-state index is 13.8. The number of aryl methyl sites for hydroxylation is 1. The van der Waals surface area contributed by atoms with E-state index in [1.165, 1.54) is 0 Å². The van der Waals surface area contributed by atoms with Crippen molar-refractivity contribution in [3.63, 3.8) is 0 Å². The molecular weight excluding hydrogens is 510 g/mol. The van der Waals surface area contributed by atoms with Crippen LogP contribution in [0.1, 0.15) is 61.3 Å². The van der Waals surface area contributed by atoms with Gasteiger partial charge in [-0.2, -0.15) is 0 Å². The Morgan fingerprint density at radius 2 is 1.90 bits per heavy atom. The van der Waals surface area contributed by atoms with Crippen molar-refractivity contribution in [3.05, 3.63) is 117 Å². The van der Waals surface area contributed by atoms with Crippen LogP contribution in [-0.4, -0.2) is 35.1 Å². The van der Waals surface area contributed by atoms with Crippen LogP contribution in [0.25, 0.3) is 10.9 Å². The Morgan fingerprint density at radius 1 is 1.08 bits per heavy atom. The molecule has 2 aromatic carbocycles. The van der Waals surface area contributed by atoms with Crippen molar-refractivity contribution < 1.29 is 0 Å². The summed E-state index contributed by atoms with van der Waals surface area (Å²) >= 11 is 6.64. The standard InChI is InChI=1S/C30H32ClN7O/c1-5-30(3,4)38-28(34-35-36-38)27(24-16-22-13-12-20(2)15-26(22)33-29(24)39)37(18-21-9-8-14-32-17-21)19-23-10-6-7-11-25(23)31/h6-17,27H,5,18-19H2,1-4H3,(H,33,39). The second-order valence-corrected chi connectivity index (χ2v) is 10.9. The summed E-state index contributed by atoms with van der Waals surface area (Å²) in [7, 11) is 0. The number of pyridine rings is 2. The number of nitrogens with zero attached hydrogens (tertiary/aromatic N) is 6. The van der Waals surface area contributed by atoms with Crippen LogP contribution >= 0.6 is 11.6 Å². The van der Waals surface area contributed by atoms with Crippen LogP contribution in [0.5, 0.6) is 0 Å². The van der Waals surface area contributed by atoms with Gasteiger partial charge in [-0.25, -0.2) is 4.68 Å². The fourth-order valence-electron chi connectivity index (χ4n) is 4.79.